The van der Waals surface area contributed by atoms with E-state index in [1.807, 2.05) is 56.3 Å². The van der Waals surface area contributed by atoms with E-state index in [-0.39, 0.29) is 16.5 Å². The summed E-state index contributed by atoms with van der Waals surface area (Å²) in [6, 6.07) is 17.9. The maximum Gasteiger partial charge on any atom is 0.263 e. The number of benzene rings is 2. The minimum Gasteiger partial charge on any atom is -0.492 e. The molecule has 0 N–H and O–H groups in total. The van der Waals surface area contributed by atoms with Gasteiger partial charge in [-0.15, -0.1) is 0 Å². The lowest BCUT2D eigenvalue weighted by molar-refractivity contribution is 0.0768. The van der Waals surface area contributed by atoms with Gasteiger partial charge in [0, 0.05) is 52.0 Å². The van der Waals surface area contributed by atoms with E-state index in [2.05, 4.69) is 28.2 Å². The largest absolute Gasteiger partial charge is 0.492 e. The van der Waals surface area contributed by atoms with Crippen molar-refractivity contribution in [1.29, 1.82) is 0 Å². The van der Waals surface area contributed by atoms with E-state index in [4.69, 9.17) is 4.74 Å². The second kappa shape index (κ2) is 11.6. The van der Waals surface area contributed by atoms with Gasteiger partial charge in [0.15, 0.2) is 0 Å². The van der Waals surface area contributed by atoms with E-state index >= 15 is 0 Å². The number of aromatic nitrogens is 2. The van der Waals surface area contributed by atoms with Crippen LogP contribution in [0.25, 0.3) is 5.57 Å². The third-order valence-corrected chi connectivity index (χ3v) is 9.09. The number of amides is 1. The first kappa shape index (κ1) is 27.0. The van der Waals surface area contributed by atoms with E-state index in [1.165, 1.54) is 14.6 Å². The van der Waals surface area contributed by atoms with Gasteiger partial charge < -0.3 is 14.5 Å². The van der Waals surface area contributed by atoms with Gasteiger partial charge in [0.25, 0.3) is 15.9 Å². The molecule has 1 amide bonds. The van der Waals surface area contributed by atoms with Crippen LogP contribution in [-0.2, 0) is 16.6 Å². The van der Waals surface area contributed by atoms with Crippen molar-refractivity contribution in [3.05, 3.63) is 78.0 Å². The maximum atomic E-state index is 13.8. The Kier molecular flexibility index (Phi) is 8.04. The third-order valence-electron chi connectivity index (χ3n) is 7.25. The first-order valence-electron chi connectivity index (χ1n) is 13.5. The Hall–Kier alpha value is -3.63. The molecule has 10 heteroatoms. The van der Waals surface area contributed by atoms with Crippen LogP contribution < -0.4 is 9.64 Å². The van der Waals surface area contributed by atoms with Gasteiger partial charge in [-0.1, -0.05) is 48.5 Å². The summed E-state index contributed by atoms with van der Waals surface area (Å²) in [4.78, 5) is 17.4. The molecule has 9 nitrogen and oxygen atoms in total. The fraction of sp³-hybridized carbons (Fsp3) is 0.379. The van der Waals surface area contributed by atoms with Crippen molar-refractivity contribution >= 4 is 27.2 Å². The third kappa shape index (κ3) is 5.58. The summed E-state index contributed by atoms with van der Waals surface area (Å²) in [5.41, 5.74) is 3.43. The van der Waals surface area contributed by atoms with Crippen molar-refractivity contribution in [2.24, 2.45) is 0 Å². The summed E-state index contributed by atoms with van der Waals surface area (Å²) in [6.07, 6.45) is 4.33. The number of carbonyl (C=O) groups is 1. The second-order valence-corrected chi connectivity index (χ2v) is 11.4. The molecule has 2 aliphatic rings. The average molecular weight is 550 g/mol. The second-order valence-electron chi connectivity index (χ2n) is 9.59. The van der Waals surface area contributed by atoms with Crippen molar-refractivity contribution in [3.8, 4) is 5.75 Å². The zero-order chi connectivity index (χ0) is 27.4. The summed E-state index contributed by atoms with van der Waals surface area (Å²) in [5.74, 6) is 0.484. The van der Waals surface area contributed by atoms with Crippen molar-refractivity contribution in [2.75, 3.05) is 50.8 Å². The number of anilines is 1. The van der Waals surface area contributed by atoms with Gasteiger partial charge in [0.2, 0.25) is 5.03 Å². The number of rotatable bonds is 8. The molecule has 206 valence electrons. The molecule has 0 aliphatic carbocycles. The number of aryl methyl sites for hydroxylation is 1. The van der Waals surface area contributed by atoms with Crippen LogP contribution >= 0.6 is 0 Å². The average Bonchev–Trinajstić information content (AvgIpc) is 3.44. The summed E-state index contributed by atoms with van der Waals surface area (Å²) >= 11 is 0. The molecule has 0 atom stereocenters. The Morgan fingerprint density at radius 2 is 1.67 bits per heavy atom. The van der Waals surface area contributed by atoms with Gasteiger partial charge in [-0.3, -0.25) is 9.48 Å². The zero-order valence-corrected chi connectivity index (χ0v) is 23.3. The minimum atomic E-state index is -3.96. The molecule has 5 rings (SSSR count). The Labute approximate surface area is 230 Å². The molecule has 3 aromatic rings. The van der Waals surface area contributed by atoms with Crippen molar-refractivity contribution < 1.29 is 17.9 Å². The Morgan fingerprint density at radius 3 is 2.33 bits per heavy atom. The molecule has 1 aromatic heterocycles. The molecule has 0 radical (unpaired) electrons. The lowest BCUT2D eigenvalue weighted by atomic mass is 9.99. The van der Waals surface area contributed by atoms with Gasteiger partial charge in [0.1, 0.15) is 5.75 Å². The fourth-order valence-electron chi connectivity index (χ4n) is 5.13. The number of para-hydroxylation sites is 2. The molecule has 3 heterocycles. The lowest BCUT2D eigenvalue weighted by Crippen LogP contribution is -2.49. The number of sulfonamides is 1. The van der Waals surface area contributed by atoms with Crippen LogP contribution in [0.1, 0.15) is 36.2 Å². The van der Waals surface area contributed by atoms with Crippen LogP contribution in [0.15, 0.2) is 71.9 Å². The van der Waals surface area contributed by atoms with Gasteiger partial charge in [-0.2, -0.15) is 9.40 Å². The van der Waals surface area contributed by atoms with Crippen LogP contribution in [-0.4, -0.2) is 79.2 Å². The van der Waals surface area contributed by atoms with E-state index < -0.39 is 10.0 Å². The van der Waals surface area contributed by atoms with E-state index in [9.17, 15) is 13.2 Å². The van der Waals surface area contributed by atoms with Gasteiger partial charge >= 0.3 is 0 Å². The topological polar surface area (TPSA) is 88.0 Å². The van der Waals surface area contributed by atoms with Gasteiger partial charge in [-0.05, 0) is 43.5 Å². The molecule has 0 spiro atoms. The summed E-state index contributed by atoms with van der Waals surface area (Å²) in [5, 5.41) is 4.20. The summed E-state index contributed by atoms with van der Waals surface area (Å²) in [7, 11) is -3.96. The van der Waals surface area contributed by atoms with Crippen LogP contribution in [0.3, 0.4) is 0 Å². The maximum absolute atomic E-state index is 13.8. The van der Waals surface area contributed by atoms with E-state index in [0.717, 1.165) is 17.0 Å². The quantitative estimate of drug-likeness (QED) is 0.426. The number of hydrogen-bond donors (Lipinski definition) is 0. The molecule has 1 fully saturated rings. The smallest absolute Gasteiger partial charge is 0.263 e. The molecule has 0 bridgehead atoms. The number of hydrogen-bond acceptors (Lipinski definition) is 6. The van der Waals surface area contributed by atoms with Crippen molar-refractivity contribution in [2.45, 2.75) is 31.8 Å². The monoisotopic (exact) mass is 549 g/mol. The van der Waals surface area contributed by atoms with Crippen molar-refractivity contribution in [1.82, 2.24) is 19.0 Å². The van der Waals surface area contributed by atoms with E-state index in [0.29, 0.717) is 58.8 Å². The highest BCUT2D eigenvalue weighted by molar-refractivity contribution is 7.89. The number of ether oxygens (including phenoxy) is 1. The molecular weight excluding hydrogens is 514 g/mol. The Morgan fingerprint density at radius 1 is 0.949 bits per heavy atom. The molecular formula is C29H35N5O4S. The number of piperazine rings is 1. The Bertz CT molecular complexity index is 1440. The van der Waals surface area contributed by atoms with Gasteiger partial charge in [0.05, 0.1) is 17.9 Å². The summed E-state index contributed by atoms with van der Waals surface area (Å²) in [6.45, 7) is 7.41. The minimum absolute atomic E-state index is 0.137. The first-order valence-corrected chi connectivity index (χ1v) is 14.9. The van der Waals surface area contributed by atoms with E-state index in [1.54, 1.807) is 11.1 Å². The molecule has 0 saturated carbocycles. The van der Waals surface area contributed by atoms with Crippen LogP contribution in [0, 0.1) is 0 Å². The zero-order valence-electron chi connectivity index (χ0n) is 22.5. The van der Waals surface area contributed by atoms with Crippen LogP contribution in [0.5, 0.6) is 5.75 Å². The van der Waals surface area contributed by atoms with Crippen LogP contribution in [0.2, 0.25) is 0 Å². The molecule has 39 heavy (non-hydrogen) atoms. The first-order chi connectivity index (χ1) is 18.9. The normalized spacial score (nSPS) is 16.7. The van der Waals surface area contributed by atoms with Crippen molar-refractivity contribution in [3.63, 3.8) is 0 Å². The number of carbonyl (C=O) groups excluding carboxylic acids is 1. The predicted octanol–water partition coefficient (Wildman–Crippen LogP) is 3.74. The predicted molar refractivity (Wildman–Crippen MR) is 151 cm³/mol. The highest BCUT2D eigenvalue weighted by Gasteiger charge is 2.36. The molecule has 1 saturated heterocycles. The fourth-order valence-corrected chi connectivity index (χ4v) is 6.64. The van der Waals surface area contributed by atoms with Crippen LogP contribution in [0.4, 0.5) is 5.69 Å². The highest BCUT2D eigenvalue weighted by atomic mass is 32.2. The molecule has 2 aliphatic heterocycles. The molecule has 0 unspecified atom stereocenters. The summed E-state index contributed by atoms with van der Waals surface area (Å²) < 4.78 is 36.3. The lowest BCUT2D eigenvalue weighted by Gasteiger charge is -2.35. The highest BCUT2D eigenvalue weighted by Crippen LogP contribution is 2.30. The SMILES string of the molecule is CCOc1ccccc1N1CCN(S(=O)(=O)c2nn(CC)cc2C(=O)N2CC=C(c3ccccc3)CC2)CC1. The standard InChI is InChI=1S/C29H35N5O4S/c1-3-33-22-25(29(35)32-16-14-24(15-17-32)23-10-6-5-7-11-23)28(30-33)39(36,37)34-20-18-31(19-21-34)26-12-8-9-13-27(26)38-4-2/h5-14,22H,3-4,15-21H2,1-2H3. The molecule has 2 aromatic carbocycles. The number of nitrogens with zero attached hydrogens (tertiary/aromatic N) is 5. The Balaban J connectivity index is 1.33. The van der Waals surface area contributed by atoms with Gasteiger partial charge in [-0.25, -0.2) is 8.42 Å².